The largest absolute Gasteiger partial charge is 0.374 e. The molecule has 4 heteroatoms. The van der Waals surface area contributed by atoms with Gasteiger partial charge in [0.15, 0.2) is 0 Å². The van der Waals surface area contributed by atoms with Crippen molar-refractivity contribution in [2.75, 3.05) is 26.2 Å². The topological polar surface area (TPSA) is 41.6 Å². The van der Waals surface area contributed by atoms with Gasteiger partial charge in [-0.15, -0.1) is 0 Å². The van der Waals surface area contributed by atoms with Gasteiger partial charge in [-0.25, -0.2) is 0 Å². The highest BCUT2D eigenvalue weighted by atomic mass is 16.5. The molecule has 1 amide bonds. The minimum atomic E-state index is -0.136. The molecule has 1 saturated heterocycles. The van der Waals surface area contributed by atoms with Gasteiger partial charge >= 0.3 is 0 Å². The molecule has 0 aromatic carbocycles. The standard InChI is InChI=1S/C16H32N2O2/c1-15(2,3)18-10-7-13(8-11-18)14(19)17-9-12-20-16(4,5)6/h13H,7-12H2,1-6H3,(H,17,19). The van der Waals surface area contributed by atoms with Crippen LogP contribution >= 0.6 is 0 Å². The smallest absolute Gasteiger partial charge is 0.223 e. The van der Waals surface area contributed by atoms with Crippen LogP contribution in [-0.2, 0) is 9.53 Å². The Morgan fingerprint density at radius 3 is 2.15 bits per heavy atom. The molecule has 0 bridgehead atoms. The van der Waals surface area contributed by atoms with Gasteiger partial charge in [0.2, 0.25) is 5.91 Å². The van der Waals surface area contributed by atoms with Gasteiger partial charge in [0.25, 0.3) is 0 Å². The lowest BCUT2D eigenvalue weighted by atomic mass is 9.92. The van der Waals surface area contributed by atoms with Crippen LogP contribution in [0, 0.1) is 5.92 Å². The van der Waals surface area contributed by atoms with Gasteiger partial charge < -0.3 is 10.1 Å². The predicted octanol–water partition coefficient (Wildman–Crippen LogP) is 2.43. The molecule has 0 atom stereocenters. The van der Waals surface area contributed by atoms with E-state index in [0.29, 0.717) is 13.2 Å². The summed E-state index contributed by atoms with van der Waals surface area (Å²) in [7, 11) is 0. The van der Waals surface area contributed by atoms with Crippen molar-refractivity contribution < 1.29 is 9.53 Å². The van der Waals surface area contributed by atoms with Crippen LogP contribution in [0.5, 0.6) is 0 Å². The predicted molar refractivity (Wildman–Crippen MR) is 82.8 cm³/mol. The molecule has 4 nitrogen and oxygen atoms in total. The van der Waals surface area contributed by atoms with Crippen molar-refractivity contribution in [3.63, 3.8) is 0 Å². The van der Waals surface area contributed by atoms with Crippen molar-refractivity contribution in [2.24, 2.45) is 5.92 Å². The Hall–Kier alpha value is -0.610. The van der Waals surface area contributed by atoms with Crippen LogP contribution in [0.2, 0.25) is 0 Å². The molecule has 0 aliphatic carbocycles. The Balaban J connectivity index is 2.23. The van der Waals surface area contributed by atoms with Gasteiger partial charge in [0, 0.05) is 18.0 Å². The summed E-state index contributed by atoms with van der Waals surface area (Å²) < 4.78 is 5.61. The van der Waals surface area contributed by atoms with Gasteiger partial charge in [-0.2, -0.15) is 0 Å². The second-order valence-corrected chi connectivity index (χ2v) is 7.68. The first-order chi connectivity index (χ1) is 9.09. The molecule has 0 radical (unpaired) electrons. The Kier molecular flexibility index (Phi) is 6.02. The first-order valence-electron chi connectivity index (χ1n) is 7.76. The number of piperidine rings is 1. The minimum absolute atomic E-state index is 0.136. The molecule has 1 fully saturated rings. The maximum absolute atomic E-state index is 12.1. The van der Waals surface area contributed by atoms with E-state index in [1.54, 1.807) is 0 Å². The van der Waals surface area contributed by atoms with Crippen molar-refractivity contribution in [1.29, 1.82) is 0 Å². The number of hydrogen-bond donors (Lipinski definition) is 1. The molecule has 0 unspecified atom stereocenters. The highest BCUT2D eigenvalue weighted by Crippen LogP contribution is 2.23. The number of carbonyl (C=O) groups is 1. The Morgan fingerprint density at radius 1 is 1.15 bits per heavy atom. The summed E-state index contributed by atoms with van der Waals surface area (Å²) in [4.78, 5) is 14.6. The fraction of sp³-hybridized carbons (Fsp3) is 0.938. The van der Waals surface area contributed by atoms with Crippen LogP contribution in [0.15, 0.2) is 0 Å². The van der Waals surface area contributed by atoms with E-state index in [2.05, 4.69) is 31.0 Å². The molecule has 20 heavy (non-hydrogen) atoms. The average Bonchev–Trinajstić information content (AvgIpc) is 2.32. The highest BCUT2D eigenvalue weighted by Gasteiger charge is 2.29. The molecule has 1 heterocycles. The normalized spacial score (nSPS) is 19.1. The molecule has 118 valence electrons. The number of hydrogen-bond acceptors (Lipinski definition) is 3. The number of rotatable bonds is 4. The molecule has 0 saturated carbocycles. The summed E-state index contributed by atoms with van der Waals surface area (Å²) in [5, 5.41) is 3.00. The second-order valence-electron chi connectivity index (χ2n) is 7.68. The third-order valence-corrected chi connectivity index (χ3v) is 3.75. The highest BCUT2D eigenvalue weighted by molar-refractivity contribution is 5.78. The van der Waals surface area contributed by atoms with E-state index in [4.69, 9.17) is 4.74 Å². The van der Waals surface area contributed by atoms with E-state index < -0.39 is 0 Å². The van der Waals surface area contributed by atoms with E-state index in [1.807, 2.05) is 20.8 Å². The SMILES string of the molecule is CC(C)(C)OCCNC(=O)C1CCN(C(C)(C)C)CC1. The molecule has 0 spiro atoms. The van der Waals surface area contributed by atoms with Crippen LogP contribution in [-0.4, -0.2) is 48.2 Å². The van der Waals surface area contributed by atoms with Crippen LogP contribution in [0.4, 0.5) is 0 Å². The first kappa shape index (κ1) is 17.4. The lowest BCUT2D eigenvalue weighted by Crippen LogP contribution is -2.48. The number of nitrogens with one attached hydrogen (secondary N) is 1. The van der Waals surface area contributed by atoms with Gasteiger partial charge in [-0.05, 0) is 67.5 Å². The maximum atomic E-state index is 12.1. The molecule has 1 aliphatic heterocycles. The zero-order chi connectivity index (χ0) is 15.4. The Labute approximate surface area is 124 Å². The lowest BCUT2D eigenvalue weighted by Gasteiger charge is -2.40. The number of amides is 1. The fourth-order valence-electron chi connectivity index (χ4n) is 2.49. The fourth-order valence-corrected chi connectivity index (χ4v) is 2.49. The molecule has 0 aromatic heterocycles. The van der Waals surface area contributed by atoms with Crippen molar-refractivity contribution in [3.8, 4) is 0 Å². The van der Waals surface area contributed by atoms with Crippen LogP contribution in [0.1, 0.15) is 54.4 Å². The van der Waals surface area contributed by atoms with Crippen molar-refractivity contribution >= 4 is 5.91 Å². The van der Waals surface area contributed by atoms with Crippen molar-refractivity contribution in [2.45, 2.75) is 65.5 Å². The van der Waals surface area contributed by atoms with Crippen LogP contribution in [0.3, 0.4) is 0 Å². The van der Waals surface area contributed by atoms with E-state index in [9.17, 15) is 4.79 Å². The van der Waals surface area contributed by atoms with E-state index >= 15 is 0 Å². The van der Waals surface area contributed by atoms with E-state index in [1.165, 1.54) is 0 Å². The van der Waals surface area contributed by atoms with Crippen molar-refractivity contribution in [1.82, 2.24) is 10.2 Å². The van der Waals surface area contributed by atoms with E-state index in [0.717, 1.165) is 25.9 Å². The Bertz CT molecular complexity index is 307. The number of likely N-dealkylation sites (tertiary alicyclic amines) is 1. The molecule has 0 aromatic rings. The van der Waals surface area contributed by atoms with Gasteiger partial charge in [0.1, 0.15) is 0 Å². The third kappa shape index (κ3) is 6.23. The van der Waals surface area contributed by atoms with Gasteiger partial charge in [-0.1, -0.05) is 0 Å². The number of ether oxygens (including phenoxy) is 1. The first-order valence-corrected chi connectivity index (χ1v) is 7.76. The Morgan fingerprint density at radius 2 is 1.70 bits per heavy atom. The summed E-state index contributed by atoms with van der Waals surface area (Å²) in [6.07, 6.45) is 1.92. The lowest BCUT2D eigenvalue weighted by molar-refractivity contribution is -0.127. The summed E-state index contributed by atoms with van der Waals surface area (Å²) in [6, 6.07) is 0. The monoisotopic (exact) mass is 284 g/mol. The van der Waals surface area contributed by atoms with Crippen molar-refractivity contribution in [3.05, 3.63) is 0 Å². The second kappa shape index (κ2) is 6.90. The average molecular weight is 284 g/mol. The minimum Gasteiger partial charge on any atom is -0.374 e. The van der Waals surface area contributed by atoms with Gasteiger partial charge in [0.05, 0.1) is 12.2 Å². The molecule has 1 rings (SSSR count). The van der Waals surface area contributed by atoms with Gasteiger partial charge in [-0.3, -0.25) is 9.69 Å². The van der Waals surface area contributed by atoms with E-state index in [-0.39, 0.29) is 23.0 Å². The molecule has 1 N–H and O–H groups in total. The summed E-state index contributed by atoms with van der Waals surface area (Å²) in [5.41, 5.74) is 0.0742. The summed E-state index contributed by atoms with van der Waals surface area (Å²) in [5.74, 6) is 0.360. The molecular formula is C16H32N2O2. The number of carbonyl (C=O) groups excluding carboxylic acids is 1. The summed E-state index contributed by atoms with van der Waals surface area (Å²) >= 11 is 0. The molecule has 1 aliphatic rings. The number of nitrogens with zero attached hydrogens (tertiary/aromatic N) is 1. The zero-order valence-corrected chi connectivity index (χ0v) is 14.1. The van der Waals surface area contributed by atoms with Crippen LogP contribution in [0.25, 0.3) is 0 Å². The zero-order valence-electron chi connectivity index (χ0n) is 14.1. The van der Waals surface area contributed by atoms with Crippen LogP contribution < -0.4 is 5.32 Å². The maximum Gasteiger partial charge on any atom is 0.223 e. The molecular weight excluding hydrogens is 252 g/mol. The quantitative estimate of drug-likeness (QED) is 0.806. The summed E-state index contributed by atoms with van der Waals surface area (Å²) in [6.45, 7) is 16.0. The third-order valence-electron chi connectivity index (χ3n) is 3.75.